The van der Waals surface area contributed by atoms with E-state index in [-0.39, 0.29) is 18.0 Å². The van der Waals surface area contributed by atoms with Gasteiger partial charge in [-0.05, 0) is 46.0 Å². The van der Waals surface area contributed by atoms with Crippen LogP contribution in [-0.2, 0) is 24.4 Å². The molecule has 2 aliphatic rings. The van der Waals surface area contributed by atoms with Crippen molar-refractivity contribution in [2.45, 2.75) is 52.6 Å². The van der Waals surface area contributed by atoms with E-state index in [4.69, 9.17) is 14.7 Å². The van der Waals surface area contributed by atoms with E-state index in [0.717, 1.165) is 22.9 Å². The molecule has 0 aromatic carbocycles. The van der Waals surface area contributed by atoms with Gasteiger partial charge in [0.2, 0.25) is 0 Å². The highest BCUT2D eigenvalue weighted by Crippen LogP contribution is 2.33. The molecular weight excluding hydrogens is 432 g/mol. The van der Waals surface area contributed by atoms with Crippen LogP contribution in [0.1, 0.15) is 54.3 Å². The normalized spacial score (nSPS) is 17.3. The second-order valence-electron chi connectivity index (χ2n) is 9.13. The fourth-order valence-corrected chi connectivity index (χ4v) is 4.45. The molecule has 0 aliphatic carbocycles. The van der Waals surface area contributed by atoms with Gasteiger partial charge in [0.1, 0.15) is 23.9 Å². The van der Waals surface area contributed by atoms with E-state index in [0.29, 0.717) is 49.2 Å². The number of ether oxygens (including phenoxy) is 1. The Labute approximate surface area is 199 Å². The van der Waals surface area contributed by atoms with Crippen LogP contribution in [0.15, 0.2) is 24.3 Å². The molecule has 0 unspecified atom stereocenters. The van der Waals surface area contributed by atoms with Crippen LogP contribution in [0.4, 0.5) is 11.6 Å². The molecule has 0 bridgehead atoms. The fraction of sp³-hybridized carbons (Fsp3) is 0.458. The zero-order valence-electron chi connectivity index (χ0n) is 20.2. The first-order valence-electron chi connectivity index (χ1n) is 11.6. The van der Waals surface area contributed by atoms with E-state index in [1.165, 1.54) is 0 Å². The van der Waals surface area contributed by atoms with Crippen molar-refractivity contribution in [1.82, 2.24) is 30.0 Å². The largest absolute Gasteiger partial charge is 0.371 e. The molecule has 3 aromatic heterocycles. The van der Waals surface area contributed by atoms with E-state index < -0.39 is 0 Å². The lowest BCUT2D eigenvalue weighted by atomic mass is 10.1. The number of nitrogens with one attached hydrogen (secondary N) is 1. The molecule has 5 heterocycles. The number of pyridine rings is 2. The SMILES string of the molecule is CNCc1nc(N(C)C(C)C)cc2c1CN(c1cccc(-c3nnc4n3[C@@H](C)COC4)n1)C2=O. The van der Waals surface area contributed by atoms with Crippen LogP contribution >= 0.6 is 0 Å². The Hall–Kier alpha value is -3.37. The average Bonchev–Trinajstić information content (AvgIpc) is 3.41. The molecular formula is C24H30N8O2. The van der Waals surface area contributed by atoms with Gasteiger partial charge in [-0.1, -0.05) is 6.07 Å². The summed E-state index contributed by atoms with van der Waals surface area (Å²) in [5.41, 5.74) is 3.19. The Morgan fingerprint density at radius 3 is 2.85 bits per heavy atom. The molecule has 1 atom stereocenters. The zero-order chi connectivity index (χ0) is 24.0. The Balaban J connectivity index is 1.51. The summed E-state index contributed by atoms with van der Waals surface area (Å²) in [6.45, 7) is 8.34. The van der Waals surface area contributed by atoms with E-state index >= 15 is 0 Å². The zero-order valence-corrected chi connectivity index (χ0v) is 20.2. The Bertz CT molecular complexity index is 1240. The van der Waals surface area contributed by atoms with Gasteiger partial charge in [-0.25, -0.2) is 9.97 Å². The molecule has 2 aliphatic heterocycles. The molecule has 0 spiro atoms. The lowest BCUT2D eigenvalue weighted by molar-refractivity contribution is 0.0609. The van der Waals surface area contributed by atoms with Crippen molar-refractivity contribution in [3.63, 3.8) is 0 Å². The highest BCUT2D eigenvalue weighted by Gasteiger charge is 2.33. The second kappa shape index (κ2) is 8.77. The molecule has 178 valence electrons. The number of hydrogen-bond donors (Lipinski definition) is 1. The highest BCUT2D eigenvalue weighted by atomic mass is 16.5. The third-order valence-electron chi connectivity index (χ3n) is 6.51. The van der Waals surface area contributed by atoms with Crippen molar-refractivity contribution in [1.29, 1.82) is 0 Å². The summed E-state index contributed by atoms with van der Waals surface area (Å²) in [6, 6.07) is 7.95. The summed E-state index contributed by atoms with van der Waals surface area (Å²) < 4.78 is 7.64. The summed E-state index contributed by atoms with van der Waals surface area (Å²) in [5, 5.41) is 11.8. The van der Waals surface area contributed by atoms with Crippen LogP contribution in [0.5, 0.6) is 0 Å². The Kier molecular flexibility index (Phi) is 5.78. The van der Waals surface area contributed by atoms with Gasteiger partial charge in [0, 0.05) is 25.2 Å². The van der Waals surface area contributed by atoms with Crippen molar-refractivity contribution >= 4 is 17.5 Å². The van der Waals surface area contributed by atoms with Gasteiger partial charge in [-0.2, -0.15) is 0 Å². The number of fused-ring (bicyclic) bond motifs is 2. The highest BCUT2D eigenvalue weighted by molar-refractivity contribution is 6.10. The number of carbonyl (C=O) groups excluding carboxylic acids is 1. The number of hydrogen-bond acceptors (Lipinski definition) is 8. The fourth-order valence-electron chi connectivity index (χ4n) is 4.45. The molecule has 10 nitrogen and oxygen atoms in total. The number of nitrogens with zero attached hydrogens (tertiary/aromatic N) is 7. The first-order valence-corrected chi connectivity index (χ1v) is 11.6. The monoisotopic (exact) mass is 462 g/mol. The molecule has 10 heteroatoms. The van der Waals surface area contributed by atoms with Crippen LogP contribution in [0, 0.1) is 0 Å². The molecule has 0 saturated carbocycles. The van der Waals surface area contributed by atoms with Gasteiger partial charge in [-0.3, -0.25) is 9.69 Å². The van der Waals surface area contributed by atoms with Crippen molar-refractivity contribution < 1.29 is 9.53 Å². The predicted octanol–water partition coefficient (Wildman–Crippen LogP) is 2.55. The number of carbonyl (C=O) groups is 1. The lowest BCUT2D eigenvalue weighted by Crippen LogP contribution is -2.27. The smallest absolute Gasteiger partial charge is 0.260 e. The van der Waals surface area contributed by atoms with E-state index in [1.807, 2.05) is 38.4 Å². The third kappa shape index (κ3) is 3.72. The molecule has 5 rings (SSSR count). The first kappa shape index (κ1) is 22.4. The molecule has 1 amide bonds. The molecule has 3 aromatic rings. The molecule has 1 N–H and O–H groups in total. The Morgan fingerprint density at radius 1 is 1.26 bits per heavy atom. The summed E-state index contributed by atoms with van der Waals surface area (Å²) >= 11 is 0. The van der Waals surface area contributed by atoms with E-state index in [1.54, 1.807) is 4.90 Å². The quantitative estimate of drug-likeness (QED) is 0.596. The summed E-state index contributed by atoms with van der Waals surface area (Å²) in [6.07, 6.45) is 0. The van der Waals surface area contributed by atoms with E-state index in [2.05, 4.69) is 45.8 Å². The van der Waals surface area contributed by atoms with Crippen molar-refractivity contribution in [2.24, 2.45) is 0 Å². The predicted molar refractivity (Wildman–Crippen MR) is 129 cm³/mol. The summed E-state index contributed by atoms with van der Waals surface area (Å²) in [4.78, 5) is 27.0. The lowest BCUT2D eigenvalue weighted by Gasteiger charge is -2.24. The van der Waals surface area contributed by atoms with Crippen LogP contribution in [-0.4, -0.2) is 57.4 Å². The van der Waals surface area contributed by atoms with E-state index in [9.17, 15) is 4.79 Å². The average molecular weight is 463 g/mol. The summed E-state index contributed by atoms with van der Waals surface area (Å²) in [5.74, 6) is 2.79. The molecule has 34 heavy (non-hydrogen) atoms. The number of rotatable bonds is 6. The van der Waals surface area contributed by atoms with Crippen LogP contribution in [0.3, 0.4) is 0 Å². The maximum Gasteiger partial charge on any atom is 0.260 e. The first-order chi connectivity index (χ1) is 16.4. The van der Waals surface area contributed by atoms with Gasteiger partial charge in [0.05, 0.1) is 30.5 Å². The number of anilines is 2. The number of aromatic nitrogens is 5. The standard InChI is InChI=1S/C24H30N8O2/c1-14(2)30(5)21-9-16-17(19(27-21)10-25-4)11-31(24(16)33)20-8-6-7-18(26-20)23-29-28-22-13-34-12-15(3)32(22)23/h6-9,14-15,25H,10-13H2,1-5H3/t15-/m0/s1. The molecule has 0 radical (unpaired) electrons. The Morgan fingerprint density at radius 2 is 2.09 bits per heavy atom. The second-order valence-corrected chi connectivity index (χ2v) is 9.13. The van der Waals surface area contributed by atoms with Crippen molar-refractivity contribution in [3.05, 3.63) is 46.9 Å². The molecule has 0 saturated heterocycles. The minimum absolute atomic E-state index is 0.0668. The van der Waals surface area contributed by atoms with Gasteiger partial charge < -0.3 is 19.5 Å². The molecule has 0 fully saturated rings. The van der Waals surface area contributed by atoms with Crippen molar-refractivity contribution in [2.75, 3.05) is 30.5 Å². The topological polar surface area (TPSA) is 101 Å². The minimum atomic E-state index is -0.0668. The maximum atomic E-state index is 13.6. The van der Waals surface area contributed by atoms with Crippen molar-refractivity contribution in [3.8, 4) is 11.5 Å². The minimum Gasteiger partial charge on any atom is -0.371 e. The van der Waals surface area contributed by atoms with Gasteiger partial charge >= 0.3 is 0 Å². The van der Waals surface area contributed by atoms with Gasteiger partial charge in [-0.15, -0.1) is 10.2 Å². The van der Waals surface area contributed by atoms with Gasteiger partial charge in [0.15, 0.2) is 11.6 Å². The summed E-state index contributed by atoms with van der Waals surface area (Å²) in [7, 11) is 3.88. The van der Waals surface area contributed by atoms with Crippen LogP contribution in [0.2, 0.25) is 0 Å². The van der Waals surface area contributed by atoms with Crippen LogP contribution in [0.25, 0.3) is 11.5 Å². The number of amides is 1. The maximum absolute atomic E-state index is 13.6. The third-order valence-corrected chi connectivity index (χ3v) is 6.51. The van der Waals surface area contributed by atoms with Gasteiger partial charge in [0.25, 0.3) is 5.91 Å². The van der Waals surface area contributed by atoms with Crippen LogP contribution < -0.4 is 15.1 Å².